The molecule has 2 aromatic carbocycles. The number of aryl methyl sites for hydroxylation is 2. The van der Waals surface area contributed by atoms with Crippen molar-refractivity contribution in [2.75, 3.05) is 17.2 Å². The summed E-state index contributed by atoms with van der Waals surface area (Å²) >= 11 is 0. The van der Waals surface area contributed by atoms with Gasteiger partial charge in [0.25, 0.3) is 0 Å². The smallest absolute Gasteiger partial charge is 0.226 e. The minimum absolute atomic E-state index is 0.355. The summed E-state index contributed by atoms with van der Waals surface area (Å²) in [5.74, 6) is 1.09. The van der Waals surface area contributed by atoms with Crippen LogP contribution in [0.5, 0.6) is 0 Å². The van der Waals surface area contributed by atoms with Gasteiger partial charge in [0.1, 0.15) is 5.82 Å². The van der Waals surface area contributed by atoms with Crippen molar-refractivity contribution in [3.63, 3.8) is 0 Å². The highest BCUT2D eigenvalue weighted by Gasteiger charge is 2.15. The van der Waals surface area contributed by atoms with Crippen LogP contribution in [0.15, 0.2) is 54.7 Å². The second-order valence-corrected chi connectivity index (χ2v) is 7.18. The van der Waals surface area contributed by atoms with Crippen LogP contribution in [0.4, 0.5) is 17.5 Å². The molecule has 3 N–H and O–H groups in total. The van der Waals surface area contributed by atoms with Gasteiger partial charge in [0, 0.05) is 12.2 Å². The minimum Gasteiger partial charge on any atom is -0.392 e. The van der Waals surface area contributed by atoms with E-state index in [1.165, 1.54) is 11.1 Å². The molecule has 0 unspecified atom stereocenters. The average Bonchev–Trinajstić information content (AvgIpc) is 3.14. The Bertz CT molecular complexity index is 1140. The molecule has 0 saturated carbocycles. The lowest BCUT2D eigenvalue weighted by Crippen LogP contribution is -2.17. The third kappa shape index (κ3) is 4.05. The molecule has 0 radical (unpaired) electrons. The number of aliphatic hydroxyl groups excluding tert-OH is 1. The predicted octanol–water partition coefficient (Wildman–Crippen LogP) is 3.97. The van der Waals surface area contributed by atoms with E-state index in [1.54, 1.807) is 17.8 Å². The normalized spacial score (nSPS) is 12.1. The number of nitrogens with zero attached hydrogens (tertiary/aromatic N) is 4. The Hall–Kier alpha value is -3.45. The number of hydrogen-bond donors (Lipinski definition) is 3. The molecule has 0 aliphatic carbocycles. The summed E-state index contributed by atoms with van der Waals surface area (Å²) in [5.41, 5.74) is 4.99. The quantitative estimate of drug-likeness (QED) is 0.463. The number of rotatable bonds is 6. The average molecular weight is 388 g/mol. The van der Waals surface area contributed by atoms with Crippen molar-refractivity contribution in [2.24, 2.45) is 0 Å². The summed E-state index contributed by atoms with van der Waals surface area (Å²) in [7, 11) is 0. The molecule has 7 nitrogen and oxygen atoms in total. The van der Waals surface area contributed by atoms with Gasteiger partial charge >= 0.3 is 0 Å². The Morgan fingerprint density at radius 1 is 1.03 bits per heavy atom. The van der Waals surface area contributed by atoms with Crippen LogP contribution in [0.1, 0.15) is 18.1 Å². The van der Waals surface area contributed by atoms with Crippen LogP contribution in [0, 0.1) is 13.8 Å². The van der Waals surface area contributed by atoms with E-state index in [-0.39, 0.29) is 0 Å². The van der Waals surface area contributed by atoms with Gasteiger partial charge in [-0.2, -0.15) is 15.1 Å². The number of hydrogen-bond acceptors (Lipinski definition) is 6. The Kier molecular flexibility index (Phi) is 5.14. The first-order chi connectivity index (χ1) is 14.0. The molecule has 4 aromatic rings. The molecule has 0 aliphatic rings. The van der Waals surface area contributed by atoms with Crippen molar-refractivity contribution in [2.45, 2.75) is 26.9 Å². The van der Waals surface area contributed by atoms with Crippen molar-refractivity contribution in [3.05, 3.63) is 65.9 Å². The molecule has 0 spiro atoms. The molecule has 0 bridgehead atoms. The van der Waals surface area contributed by atoms with Crippen LogP contribution in [0.3, 0.4) is 0 Å². The van der Waals surface area contributed by atoms with Crippen LogP contribution in [-0.2, 0) is 0 Å². The molecule has 148 valence electrons. The lowest BCUT2D eigenvalue weighted by Gasteiger charge is -2.12. The van der Waals surface area contributed by atoms with E-state index in [1.807, 2.05) is 36.4 Å². The van der Waals surface area contributed by atoms with Crippen molar-refractivity contribution in [1.82, 2.24) is 19.7 Å². The molecule has 0 fully saturated rings. The monoisotopic (exact) mass is 388 g/mol. The van der Waals surface area contributed by atoms with Crippen LogP contribution in [0.25, 0.3) is 16.7 Å². The third-order valence-corrected chi connectivity index (χ3v) is 4.75. The number of benzene rings is 2. The molecular weight excluding hydrogens is 364 g/mol. The van der Waals surface area contributed by atoms with E-state index in [4.69, 9.17) is 0 Å². The van der Waals surface area contributed by atoms with Crippen molar-refractivity contribution in [3.8, 4) is 5.69 Å². The van der Waals surface area contributed by atoms with Gasteiger partial charge in [0.2, 0.25) is 5.95 Å². The summed E-state index contributed by atoms with van der Waals surface area (Å²) in [6, 6.07) is 16.1. The molecule has 0 amide bonds. The molecule has 29 heavy (non-hydrogen) atoms. The molecule has 0 aliphatic heterocycles. The Morgan fingerprint density at radius 3 is 2.55 bits per heavy atom. The number of aromatic nitrogens is 4. The summed E-state index contributed by atoms with van der Waals surface area (Å²) in [5, 5.41) is 21.5. The van der Waals surface area contributed by atoms with Crippen molar-refractivity contribution >= 4 is 28.5 Å². The number of nitrogens with one attached hydrogen (secondary N) is 2. The molecule has 2 aromatic heterocycles. The molecule has 2 heterocycles. The molecule has 1 atom stereocenters. The van der Waals surface area contributed by atoms with Gasteiger partial charge in [-0.1, -0.05) is 24.3 Å². The van der Waals surface area contributed by atoms with Gasteiger partial charge in [0.05, 0.1) is 23.4 Å². The van der Waals surface area contributed by atoms with Crippen LogP contribution < -0.4 is 10.6 Å². The van der Waals surface area contributed by atoms with E-state index in [2.05, 4.69) is 51.7 Å². The fourth-order valence-electron chi connectivity index (χ4n) is 3.04. The number of para-hydroxylation sites is 1. The van der Waals surface area contributed by atoms with Gasteiger partial charge in [-0.3, -0.25) is 0 Å². The van der Waals surface area contributed by atoms with E-state index < -0.39 is 6.10 Å². The van der Waals surface area contributed by atoms with Gasteiger partial charge in [-0.05, 0) is 56.2 Å². The molecule has 4 rings (SSSR count). The third-order valence-electron chi connectivity index (χ3n) is 4.75. The Balaban J connectivity index is 1.81. The number of fused-ring (bicyclic) bond motifs is 1. The molecule has 0 saturated heterocycles. The molecule has 7 heteroatoms. The first kappa shape index (κ1) is 18.9. The first-order valence-electron chi connectivity index (χ1n) is 9.58. The summed E-state index contributed by atoms with van der Waals surface area (Å²) in [6.45, 7) is 6.24. The topological polar surface area (TPSA) is 87.9 Å². The zero-order chi connectivity index (χ0) is 20.4. The highest BCUT2D eigenvalue weighted by molar-refractivity contribution is 5.90. The molecular formula is C22H24N6O. The Labute approximate surface area is 169 Å². The van der Waals surface area contributed by atoms with E-state index in [9.17, 15) is 5.11 Å². The van der Waals surface area contributed by atoms with Gasteiger partial charge < -0.3 is 15.7 Å². The van der Waals surface area contributed by atoms with Crippen molar-refractivity contribution in [1.29, 1.82) is 0 Å². The standard InChI is InChI=1S/C22H24N6O/c1-14-9-10-17(11-15(14)2)25-20-19-13-24-28(18-7-5-4-6-8-18)21(19)27-22(26-20)23-12-16(3)29/h4-11,13,16,29H,12H2,1-3H3,(H2,23,25,26,27)/t16-/m1/s1. The SMILES string of the molecule is Cc1ccc(Nc2nc(NC[C@@H](C)O)nc3c2cnn3-c2ccccc2)cc1C. The predicted molar refractivity (Wildman–Crippen MR) is 116 cm³/mol. The van der Waals surface area contributed by atoms with E-state index in [0.29, 0.717) is 24.0 Å². The van der Waals surface area contributed by atoms with Crippen molar-refractivity contribution < 1.29 is 5.11 Å². The summed E-state index contributed by atoms with van der Waals surface area (Å²) in [4.78, 5) is 9.27. The zero-order valence-corrected chi connectivity index (χ0v) is 16.7. The second-order valence-electron chi connectivity index (χ2n) is 7.18. The van der Waals surface area contributed by atoms with Crippen LogP contribution in [0.2, 0.25) is 0 Å². The maximum atomic E-state index is 9.63. The second kappa shape index (κ2) is 7.89. The van der Waals surface area contributed by atoms with E-state index in [0.717, 1.165) is 16.8 Å². The zero-order valence-electron chi connectivity index (χ0n) is 16.7. The largest absolute Gasteiger partial charge is 0.392 e. The van der Waals surface area contributed by atoms with E-state index >= 15 is 0 Å². The lowest BCUT2D eigenvalue weighted by molar-refractivity contribution is 0.208. The highest BCUT2D eigenvalue weighted by Crippen LogP contribution is 2.27. The summed E-state index contributed by atoms with van der Waals surface area (Å²) < 4.78 is 1.79. The number of aliphatic hydroxyl groups is 1. The lowest BCUT2D eigenvalue weighted by atomic mass is 10.1. The maximum Gasteiger partial charge on any atom is 0.226 e. The minimum atomic E-state index is -0.510. The summed E-state index contributed by atoms with van der Waals surface area (Å²) in [6.07, 6.45) is 1.26. The number of anilines is 3. The first-order valence-corrected chi connectivity index (χ1v) is 9.58. The highest BCUT2D eigenvalue weighted by atomic mass is 16.3. The van der Waals surface area contributed by atoms with Crippen LogP contribution >= 0.6 is 0 Å². The maximum absolute atomic E-state index is 9.63. The van der Waals surface area contributed by atoms with Gasteiger partial charge in [-0.25, -0.2) is 4.68 Å². The van der Waals surface area contributed by atoms with Crippen LogP contribution in [-0.4, -0.2) is 37.5 Å². The van der Waals surface area contributed by atoms with Gasteiger partial charge in [-0.15, -0.1) is 0 Å². The van der Waals surface area contributed by atoms with Gasteiger partial charge in [0.15, 0.2) is 5.65 Å². The fourth-order valence-corrected chi connectivity index (χ4v) is 3.04. The Morgan fingerprint density at radius 2 is 1.83 bits per heavy atom. The fraction of sp³-hybridized carbons (Fsp3) is 0.227.